The fourth-order valence-electron chi connectivity index (χ4n) is 1.21. The Morgan fingerprint density at radius 1 is 1.46 bits per heavy atom. The second kappa shape index (κ2) is 3.92. The van der Waals surface area contributed by atoms with Gasteiger partial charge < -0.3 is 0 Å². The smallest absolute Gasteiger partial charge is 0.163 e. The molecule has 0 aliphatic carbocycles. The normalized spacial score (nSPS) is 10.2. The van der Waals surface area contributed by atoms with Crippen LogP contribution >= 0.6 is 11.8 Å². The molecular formula is C10H11FOS. The van der Waals surface area contributed by atoms with Crippen molar-refractivity contribution in [1.29, 1.82) is 0 Å². The molecule has 0 saturated heterocycles. The third-order valence-electron chi connectivity index (χ3n) is 1.77. The zero-order valence-electron chi connectivity index (χ0n) is 7.85. The molecule has 0 fully saturated rings. The van der Waals surface area contributed by atoms with Crippen LogP contribution in [0.2, 0.25) is 0 Å². The Balaban J connectivity index is 3.38. The Morgan fingerprint density at radius 2 is 2.08 bits per heavy atom. The first kappa shape index (κ1) is 10.3. The lowest BCUT2D eigenvalue weighted by atomic mass is 10.1. The number of rotatable bonds is 2. The maximum atomic E-state index is 13.3. The van der Waals surface area contributed by atoms with Crippen LogP contribution in [0.1, 0.15) is 22.8 Å². The zero-order valence-corrected chi connectivity index (χ0v) is 8.67. The Labute approximate surface area is 81.3 Å². The van der Waals surface area contributed by atoms with E-state index in [-0.39, 0.29) is 11.3 Å². The number of benzene rings is 1. The zero-order chi connectivity index (χ0) is 10.0. The van der Waals surface area contributed by atoms with Gasteiger partial charge >= 0.3 is 0 Å². The van der Waals surface area contributed by atoms with Crippen molar-refractivity contribution >= 4 is 17.5 Å². The fraction of sp³-hybridized carbons (Fsp3) is 0.300. The number of hydrogen-bond acceptors (Lipinski definition) is 2. The number of aryl methyl sites for hydroxylation is 1. The van der Waals surface area contributed by atoms with Crippen molar-refractivity contribution in [2.24, 2.45) is 0 Å². The van der Waals surface area contributed by atoms with Gasteiger partial charge in [-0.05, 0) is 37.8 Å². The topological polar surface area (TPSA) is 17.1 Å². The van der Waals surface area contributed by atoms with Crippen LogP contribution in [0.3, 0.4) is 0 Å². The highest BCUT2D eigenvalue weighted by molar-refractivity contribution is 7.98. The van der Waals surface area contributed by atoms with Gasteiger partial charge in [-0.25, -0.2) is 4.39 Å². The number of hydrogen-bond donors (Lipinski definition) is 0. The minimum Gasteiger partial charge on any atom is -0.294 e. The van der Waals surface area contributed by atoms with E-state index in [4.69, 9.17) is 0 Å². The van der Waals surface area contributed by atoms with Gasteiger partial charge in [0, 0.05) is 4.90 Å². The van der Waals surface area contributed by atoms with Crippen LogP contribution in [0.5, 0.6) is 0 Å². The van der Waals surface area contributed by atoms with E-state index in [1.165, 1.54) is 24.8 Å². The summed E-state index contributed by atoms with van der Waals surface area (Å²) in [5.74, 6) is -0.640. The first-order valence-electron chi connectivity index (χ1n) is 3.91. The van der Waals surface area contributed by atoms with E-state index in [9.17, 15) is 9.18 Å². The van der Waals surface area contributed by atoms with Crippen molar-refractivity contribution in [3.05, 3.63) is 29.1 Å². The van der Waals surface area contributed by atoms with Gasteiger partial charge in [0.2, 0.25) is 0 Å². The summed E-state index contributed by atoms with van der Waals surface area (Å²) in [5, 5.41) is 0. The number of Topliss-reactive ketones (excluding diaryl/α,β-unsaturated/α-hetero) is 1. The summed E-state index contributed by atoms with van der Waals surface area (Å²) in [5.41, 5.74) is 1.05. The molecule has 0 N–H and O–H groups in total. The van der Waals surface area contributed by atoms with Crippen LogP contribution in [-0.2, 0) is 0 Å². The van der Waals surface area contributed by atoms with Crippen LogP contribution in [0.25, 0.3) is 0 Å². The second-order valence-corrected chi connectivity index (χ2v) is 3.73. The van der Waals surface area contributed by atoms with Gasteiger partial charge in [0.1, 0.15) is 5.82 Å². The van der Waals surface area contributed by atoms with Crippen LogP contribution in [0.15, 0.2) is 17.0 Å². The Bertz CT molecular complexity index is 347. The van der Waals surface area contributed by atoms with Gasteiger partial charge in [-0.1, -0.05) is 0 Å². The highest BCUT2D eigenvalue weighted by Gasteiger charge is 2.12. The fourth-order valence-corrected chi connectivity index (χ4v) is 1.96. The molecule has 0 amide bonds. The van der Waals surface area contributed by atoms with Crippen molar-refractivity contribution in [2.45, 2.75) is 18.7 Å². The summed E-state index contributed by atoms with van der Waals surface area (Å²) in [6.45, 7) is 3.19. The largest absolute Gasteiger partial charge is 0.294 e. The molecule has 1 nitrogen and oxygen atoms in total. The van der Waals surface area contributed by atoms with E-state index in [2.05, 4.69) is 0 Å². The van der Waals surface area contributed by atoms with Crippen molar-refractivity contribution in [3.8, 4) is 0 Å². The Kier molecular flexibility index (Phi) is 3.09. The van der Waals surface area contributed by atoms with Crippen molar-refractivity contribution in [3.63, 3.8) is 0 Å². The van der Waals surface area contributed by atoms with E-state index in [1.807, 2.05) is 19.2 Å². The quantitative estimate of drug-likeness (QED) is 0.536. The lowest BCUT2D eigenvalue weighted by molar-refractivity contribution is 0.101. The number of thioether (sulfide) groups is 1. The summed E-state index contributed by atoms with van der Waals surface area (Å²) in [7, 11) is 0. The van der Waals surface area contributed by atoms with Crippen LogP contribution < -0.4 is 0 Å². The monoisotopic (exact) mass is 198 g/mol. The number of carbonyl (C=O) groups excluding carboxylic acids is 1. The Morgan fingerprint density at radius 3 is 2.54 bits per heavy atom. The van der Waals surface area contributed by atoms with E-state index in [1.54, 1.807) is 0 Å². The first-order valence-corrected chi connectivity index (χ1v) is 5.13. The average Bonchev–Trinajstić information content (AvgIpc) is 2.01. The minimum atomic E-state index is -0.420. The molecular weight excluding hydrogens is 187 g/mol. The molecule has 0 aliphatic heterocycles. The van der Waals surface area contributed by atoms with Gasteiger partial charge in [-0.3, -0.25) is 4.79 Å². The molecule has 1 rings (SSSR count). The molecule has 13 heavy (non-hydrogen) atoms. The second-order valence-electron chi connectivity index (χ2n) is 2.88. The number of halogens is 1. The molecule has 0 bridgehead atoms. The lowest BCUT2D eigenvalue weighted by Crippen LogP contribution is -2.00. The standard InChI is InChI=1S/C10H11FOS/c1-6-4-8(11)10(7(2)12)9(5-6)13-3/h4-5H,1-3H3. The molecule has 0 atom stereocenters. The van der Waals surface area contributed by atoms with Crippen molar-refractivity contribution in [2.75, 3.05) is 6.26 Å². The van der Waals surface area contributed by atoms with Crippen LogP contribution in [-0.4, -0.2) is 12.0 Å². The number of ketones is 1. The average molecular weight is 198 g/mol. The third kappa shape index (κ3) is 2.10. The third-order valence-corrected chi connectivity index (χ3v) is 2.53. The summed E-state index contributed by atoms with van der Waals surface area (Å²) in [6.07, 6.45) is 1.83. The first-order chi connectivity index (χ1) is 6.06. The number of carbonyl (C=O) groups is 1. The predicted molar refractivity (Wildman–Crippen MR) is 52.9 cm³/mol. The van der Waals surface area contributed by atoms with Crippen LogP contribution in [0.4, 0.5) is 4.39 Å². The molecule has 1 aromatic rings. The molecule has 0 unspecified atom stereocenters. The van der Waals surface area contributed by atoms with Crippen LogP contribution in [0, 0.1) is 12.7 Å². The van der Waals surface area contributed by atoms with E-state index in [0.717, 1.165) is 5.56 Å². The summed E-state index contributed by atoms with van der Waals surface area (Å²) in [4.78, 5) is 11.8. The highest BCUT2D eigenvalue weighted by Crippen LogP contribution is 2.24. The summed E-state index contributed by atoms with van der Waals surface area (Å²) >= 11 is 1.39. The minimum absolute atomic E-state index is 0.207. The Hall–Kier alpha value is -0.830. The van der Waals surface area contributed by atoms with Gasteiger partial charge in [-0.2, -0.15) is 0 Å². The van der Waals surface area contributed by atoms with Gasteiger partial charge in [0.05, 0.1) is 5.56 Å². The molecule has 0 spiro atoms. The molecule has 0 saturated carbocycles. The van der Waals surface area contributed by atoms with E-state index in [0.29, 0.717) is 4.90 Å². The molecule has 1 aromatic carbocycles. The summed E-state index contributed by atoms with van der Waals surface area (Å²) < 4.78 is 13.3. The van der Waals surface area contributed by atoms with Gasteiger partial charge in [-0.15, -0.1) is 11.8 Å². The molecule has 0 aliphatic rings. The van der Waals surface area contributed by atoms with Gasteiger partial charge in [0.25, 0.3) is 0 Å². The molecule has 70 valence electrons. The molecule has 0 radical (unpaired) electrons. The highest BCUT2D eigenvalue weighted by atomic mass is 32.2. The van der Waals surface area contributed by atoms with E-state index >= 15 is 0 Å². The van der Waals surface area contributed by atoms with Crippen molar-refractivity contribution < 1.29 is 9.18 Å². The SMILES string of the molecule is CSc1cc(C)cc(F)c1C(C)=O. The molecule has 0 aromatic heterocycles. The maximum Gasteiger partial charge on any atom is 0.163 e. The van der Waals surface area contributed by atoms with Gasteiger partial charge in [0.15, 0.2) is 5.78 Å². The van der Waals surface area contributed by atoms with Crippen molar-refractivity contribution in [1.82, 2.24) is 0 Å². The lowest BCUT2D eigenvalue weighted by Gasteiger charge is -2.06. The predicted octanol–water partition coefficient (Wildman–Crippen LogP) is 3.06. The molecule has 0 heterocycles. The summed E-state index contributed by atoms with van der Waals surface area (Å²) in [6, 6.07) is 3.21. The maximum absolute atomic E-state index is 13.3. The molecule has 3 heteroatoms. The van der Waals surface area contributed by atoms with E-state index < -0.39 is 5.82 Å².